The number of fused-ring (bicyclic) bond motifs is 2. The van der Waals surface area contributed by atoms with Gasteiger partial charge in [0.1, 0.15) is 17.2 Å². The van der Waals surface area contributed by atoms with Gasteiger partial charge in [-0.05, 0) is 48.0 Å². The number of H-pyrrole nitrogens is 1. The Balaban J connectivity index is 1.47. The van der Waals surface area contributed by atoms with Gasteiger partial charge in [0.25, 0.3) is 0 Å². The molecule has 3 aromatic heterocycles. The molecule has 0 spiro atoms. The quantitative estimate of drug-likeness (QED) is 0.350. The van der Waals surface area contributed by atoms with E-state index < -0.39 is 18.3 Å². The van der Waals surface area contributed by atoms with Crippen LogP contribution < -0.4 is 15.4 Å². The van der Waals surface area contributed by atoms with Gasteiger partial charge in [0.2, 0.25) is 0 Å². The summed E-state index contributed by atoms with van der Waals surface area (Å²) in [6.07, 6.45) is 4.90. The summed E-state index contributed by atoms with van der Waals surface area (Å²) in [5, 5.41) is 6.67. The first kappa shape index (κ1) is 17.4. The number of hydrogen-bond donors (Lipinski definition) is 3. The number of hydrogen-bond acceptors (Lipinski definition) is 3. The second kappa shape index (κ2) is 8.07. The molecule has 2 amide bonds. The molecule has 0 aliphatic carbocycles. The van der Waals surface area contributed by atoms with Gasteiger partial charge >= 0.3 is 6.03 Å². The van der Waals surface area contributed by atoms with E-state index in [0.29, 0.717) is 38.9 Å². The van der Waals surface area contributed by atoms with Gasteiger partial charge in [-0.2, -0.15) is 0 Å². The molecule has 0 aliphatic heterocycles. The van der Waals surface area contributed by atoms with Crippen LogP contribution in [0.25, 0.3) is 21.9 Å². The lowest BCUT2D eigenvalue weighted by atomic mass is 10.2. The van der Waals surface area contributed by atoms with Crippen LogP contribution >= 0.6 is 0 Å². The number of urea groups is 1. The number of carbonyl (C=O) groups excluding carboxylic acids is 1. The molecule has 0 saturated carbocycles. The Morgan fingerprint density at radius 2 is 2.03 bits per heavy atom. The summed E-state index contributed by atoms with van der Waals surface area (Å²) >= 11 is 0. The monoisotopic (exact) mass is 431 g/mol. The molecule has 5 aromatic rings. The number of benzene rings is 2. The molecule has 3 heterocycles. The van der Waals surface area contributed by atoms with E-state index in [-0.39, 0.29) is 5.69 Å². The van der Waals surface area contributed by atoms with E-state index in [1.165, 1.54) is 29.9 Å². The van der Waals surface area contributed by atoms with Gasteiger partial charge in [-0.25, -0.2) is 14.2 Å². The Bertz CT molecular complexity index is 1530. The minimum atomic E-state index is -1.89. The molecule has 0 fully saturated rings. The van der Waals surface area contributed by atoms with Crippen LogP contribution in [0.15, 0.2) is 73.2 Å². The Hall–Kier alpha value is -4.33. The number of ether oxygens (including phenoxy) is 1. The van der Waals surface area contributed by atoms with Gasteiger partial charge in [0.15, 0.2) is 0 Å². The molecule has 160 valence electrons. The third-order valence-electron chi connectivity index (χ3n) is 5.08. The number of anilines is 2. The Morgan fingerprint density at radius 1 is 1.16 bits per heavy atom. The molecular weight excluding hydrogens is 409 g/mol. The van der Waals surface area contributed by atoms with Crippen molar-refractivity contribution in [1.82, 2.24) is 14.5 Å². The van der Waals surface area contributed by atoms with Crippen molar-refractivity contribution in [2.45, 2.75) is 6.50 Å². The van der Waals surface area contributed by atoms with Crippen molar-refractivity contribution in [1.29, 1.82) is 0 Å². The van der Waals surface area contributed by atoms with Crippen LogP contribution in [0.1, 0.15) is 8.30 Å². The van der Waals surface area contributed by atoms with Gasteiger partial charge in [-0.3, -0.25) is 0 Å². The van der Waals surface area contributed by atoms with E-state index in [4.69, 9.17) is 7.48 Å². The fraction of sp³-hybridized carbons (Fsp3) is 0.0833. The van der Waals surface area contributed by atoms with Crippen LogP contribution in [0, 0.1) is 5.82 Å². The summed E-state index contributed by atoms with van der Waals surface area (Å²) in [5.41, 5.74) is 2.30. The molecule has 3 N–H and O–H groups in total. The fourth-order valence-corrected chi connectivity index (χ4v) is 3.61. The summed E-state index contributed by atoms with van der Waals surface area (Å²) < 4.78 is 38.0. The zero-order chi connectivity index (χ0) is 23.9. The minimum Gasteiger partial charge on any atom is -0.495 e. The highest BCUT2D eigenvalue weighted by Gasteiger charge is 2.13. The molecule has 0 bridgehead atoms. The molecule has 0 saturated heterocycles. The number of aromatic nitrogens is 3. The van der Waals surface area contributed by atoms with Crippen LogP contribution in [0.5, 0.6) is 5.75 Å². The van der Waals surface area contributed by atoms with Gasteiger partial charge in [0, 0.05) is 41.9 Å². The highest BCUT2D eigenvalue weighted by molar-refractivity contribution is 6.06. The number of nitrogens with zero attached hydrogens (tertiary/aromatic N) is 2. The number of aromatic amines is 1. The largest absolute Gasteiger partial charge is 0.495 e. The van der Waals surface area contributed by atoms with Crippen LogP contribution in [-0.4, -0.2) is 27.7 Å². The maximum absolute atomic E-state index is 13.6. The Kier molecular flexibility index (Phi) is 4.38. The van der Waals surface area contributed by atoms with Crippen LogP contribution in [0.4, 0.5) is 20.6 Å². The number of methoxy groups -OCH3 is 1. The summed E-state index contributed by atoms with van der Waals surface area (Å²) in [6, 6.07) is 13.8. The number of carbonyl (C=O) groups is 1. The second-order valence-corrected chi connectivity index (χ2v) is 7.06. The van der Waals surface area contributed by atoms with E-state index >= 15 is 0 Å². The lowest BCUT2D eigenvalue weighted by Gasteiger charge is -2.12. The Morgan fingerprint density at radius 3 is 2.91 bits per heavy atom. The number of pyridine rings is 1. The summed E-state index contributed by atoms with van der Waals surface area (Å²) in [5.74, 6) is -0.188. The normalized spacial score (nSPS) is 12.4. The molecule has 0 unspecified atom stereocenters. The molecule has 32 heavy (non-hydrogen) atoms. The van der Waals surface area contributed by atoms with Gasteiger partial charge in [-0.15, -0.1) is 0 Å². The first-order valence-electron chi connectivity index (χ1n) is 10.8. The molecule has 8 heteroatoms. The minimum absolute atomic E-state index is 0.189. The molecule has 0 atom stereocenters. The highest BCUT2D eigenvalue weighted by Crippen LogP contribution is 2.28. The van der Waals surface area contributed by atoms with E-state index in [9.17, 15) is 9.18 Å². The van der Waals surface area contributed by atoms with Crippen molar-refractivity contribution in [3.63, 3.8) is 0 Å². The van der Waals surface area contributed by atoms with E-state index in [1.807, 2.05) is 6.07 Å². The molecule has 5 rings (SSSR count). The number of nitrogens with one attached hydrogen (secondary N) is 3. The SMILES string of the molecule is [2H]C([2H])(c1c[nH]c2ncccc12)n1ccc2c(NC(=O)Nc3cc(F)ccc3OC)cccc21. The maximum atomic E-state index is 13.6. The number of halogens is 1. The predicted octanol–water partition coefficient (Wildman–Crippen LogP) is 5.36. The summed E-state index contributed by atoms with van der Waals surface area (Å²) in [4.78, 5) is 19.9. The molecule has 7 nitrogen and oxygen atoms in total. The van der Waals surface area contributed by atoms with Crippen LogP contribution in [0.3, 0.4) is 0 Å². The lowest BCUT2D eigenvalue weighted by molar-refractivity contribution is 0.262. The number of amides is 2. The zero-order valence-corrected chi connectivity index (χ0v) is 17.0. The maximum Gasteiger partial charge on any atom is 0.323 e. The zero-order valence-electron chi connectivity index (χ0n) is 19.0. The average molecular weight is 431 g/mol. The molecule has 0 radical (unpaired) electrons. The van der Waals surface area contributed by atoms with E-state index in [1.54, 1.807) is 48.9 Å². The van der Waals surface area contributed by atoms with Crippen molar-refractivity contribution in [2.24, 2.45) is 0 Å². The lowest BCUT2D eigenvalue weighted by Crippen LogP contribution is -2.20. The van der Waals surface area contributed by atoms with Crippen molar-refractivity contribution in [3.05, 3.63) is 84.6 Å². The number of rotatable bonds is 5. The van der Waals surface area contributed by atoms with Gasteiger partial charge in [-0.1, -0.05) is 6.07 Å². The molecular formula is C24H20FN5O2. The first-order valence-corrected chi connectivity index (χ1v) is 9.83. The topological polar surface area (TPSA) is 84.0 Å². The molecule has 0 aliphatic rings. The first-order chi connectivity index (χ1) is 16.4. The van der Waals surface area contributed by atoms with E-state index in [0.717, 1.165) is 0 Å². The predicted molar refractivity (Wildman–Crippen MR) is 123 cm³/mol. The van der Waals surface area contributed by atoms with Gasteiger partial charge < -0.3 is 24.9 Å². The third-order valence-corrected chi connectivity index (χ3v) is 5.08. The molecule has 2 aromatic carbocycles. The Labute approximate surface area is 185 Å². The summed E-state index contributed by atoms with van der Waals surface area (Å²) in [7, 11) is 1.43. The standard InChI is InChI=1S/C24H20FN5O2/c1-32-22-8-7-16(25)12-20(22)29-24(31)28-19-5-2-6-21-18(19)9-11-30(21)14-15-13-27-23-17(15)4-3-10-26-23/h2-13H,14H2,1H3,(H,26,27)(H2,28,29,31)/i14D2. The second-order valence-electron chi connectivity index (χ2n) is 7.06. The van der Waals surface area contributed by atoms with Crippen molar-refractivity contribution < 1.29 is 16.7 Å². The van der Waals surface area contributed by atoms with Crippen molar-refractivity contribution in [2.75, 3.05) is 17.7 Å². The van der Waals surface area contributed by atoms with Crippen LogP contribution in [0.2, 0.25) is 0 Å². The highest BCUT2D eigenvalue weighted by atomic mass is 19.1. The third kappa shape index (κ3) is 3.62. The van der Waals surface area contributed by atoms with Crippen molar-refractivity contribution in [3.8, 4) is 5.75 Å². The van der Waals surface area contributed by atoms with E-state index in [2.05, 4.69) is 20.6 Å². The van der Waals surface area contributed by atoms with Crippen molar-refractivity contribution >= 4 is 39.3 Å². The van der Waals surface area contributed by atoms with Gasteiger partial charge in [0.05, 0.1) is 26.7 Å². The fourth-order valence-electron chi connectivity index (χ4n) is 3.61. The average Bonchev–Trinajstić information content (AvgIpc) is 3.45. The smallest absolute Gasteiger partial charge is 0.323 e. The summed E-state index contributed by atoms with van der Waals surface area (Å²) in [6.45, 7) is -1.89. The van der Waals surface area contributed by atoms with Crippen LogP contribution in [-0.2, 0) is 6.50 Å².